The number of nitrogens with one attached hydrogen (secondary N) is 3. The third kappa shape index (κ3) is 15.7. The van der Waals surface area contributed by atoms with Crippen LogP contribution < -0.4 is 16.0 Å². The molecule has 29 heavy (non-hydrogen) atoms. The predicted molar refractivity (Wildman–Crippen MR) is 128 cm³/mol. The van der Waals surface area contributed by atoms with E-state index in [1.807, 2.05) is 34.6 Å². The highest BCUT2D eigenvalue weighted by molar-refractivity contribution is 14.0. The Morgan fingerprint density at radius 1 is 1.07 bits per heavy atom. The molecule has 0 aromatic rings. The summed E-state index contributed by atoms with van der Waals surface area (Å²) in [6, 6.07) is 0. The standard InChI is InChI=1S/C18H38N4O5S.HI/c1-8-18(9-2,22-16(23)27-17(3,4)5)14-21-15(19-6)20-10-11-26-12-13-28(7,24)25;/h8-14H2,1-7H3,(H,22,23)(H2,19,20,21);1H. The van der Waals surface area contributed by atoms with Gasteiger partial charge in [-0.25, -0.2) is 13.2 Å². The van der Waals surface area contributed by atoms with Crippen molar-refractivity contribution in [1.82, 2.24) is 16.0 Å². The van der Waals surface area contributed by atoms with Crippen LogP contribution in [0, 0.1) is 0 Å². The van der Waals surface area contributed by atoms with E-state index >= 15 is 0 Å². The van der Waals surface area contributed by atoms with Crippen LogP contribution in [0.25, 0.3) is 0 Å². The molecule has 0 aliphatic carbocycles. The third-order valence-corrected chi connectivity index (χ3v) is 4.98. The molecule has 0 aromatic heterocycles. The lowest BCUT2D eigenvalue weighted by Crippen LogP contribution is -2.57. The Bertz CT molecular complexity index is 602. The van der Waals surface area contributed by atoms with E-state index in [1.54, 1.807) is 7.05 Å². The van der Waals surface area contributed by atoms with E-state index < -0.39 is 27.1 Å². The summed E-state index contributed by atoms with van der Waals surface area (Å²) in [5.74, 6) is 0.579. The van der Waals surface area contributed by atoms with Gasteiger partial charge in [0, 0.05) is 26.4 Å². The van der Waals surface area contributed by atoms with Crippen molar-refractivity contribution in [1.29, 1.82) is 0 Å². The van der Waals surface area contributed by atoms with Crippen LogP contribution in [-0.4, -0.2) is 77.0 Å². The van der Waals surface area contributed by atoms with Crippen LogP contribution >= 0.6 is 24.0 Å². The summed E-state index contributed by atoms with van der Waals surface area (Å²) in [5, 5.41) is 9.29. The smallest absolute Gasteiger partial charge is 0.408 e. The molecule has 0 fully saturated rings. The Labute approximate surface area is 193 Å². The van der Waals surface area contributed by atoms with Crippen molar-refractivity contribution in [2.24, 2.45) is 4.99 Å². The fourth-order valence-corrected chi connectivity index (χ4v) is 2.69. The van der Waals surface area contributed by atoms with Crippen LogP contribution in [-0.2, 0) is 19.3 Å². The summed E-state index contributed by atoms with van der Waals surface area (Å²) < 4.78 is 32.8. The van der Waals surface area contributed by atoms with Gasteiger partial charge in [0.2, 0.25) is 0 Å². The van der Waals surface area contributed by atoms with Crippen molar-refractivity contribution in [3.63, 3.8) is 0 Å². The Morgan fingerprint density at radius 2 is 1.66 bits per heavy atom. The van der Waals surface area contributed by atoms with Crippen molar-refractivity contribution in [3.8, 4) is 0 Å². The van der Waals surface area contributed by atoms with Crippen molar-refractivity contribution in [3.05, 3.63) is 0 Å². The second-order valence-electron chi connectivity index (χ2n) is 7.71. The molecule has 0 saturated heterocycles. The number of aliphatic imine (C=N–C) groups is 1. The van der Waals surface area contributed by atoms with Gasteiger partial charge in [0.25, 0.3) is 0 Å². The highest BCUT2D eigenvalue weighted by Gasteiger charge is 2.30. The fourth-order valence-electron chi connectivity index (χ4n) is 2.27. The van der Waals surface area contributed by atoms with Crippen LogP contribution in [0.3, 0.4) is 0 Å². The first kappa shape index (κ1) is 30.4. The molecule has 174 valence electrons. The first-order valence-electron chi connectivity index (χ1n) is 9.57. The highest BCUT2D eigenvalue weighted by atomic mass is 127. The maximum Gasteiger partial charge on any atom is 0.408 e. The Morgan fingerprint density at radius 3 is 2.10 bits per heavy atom. The molecular formula is C18H39IN4O5S. The van der Waals surface area contributed by atoms with E-state index in [4.69, 9.17) is 9.47 Å². The van der Waals surface area contributed by atoms with E-state index in [0.29, 0.717) is 25.7 Å². The number of nitrogens with zero attached hydrogens (tertiary/aromatic N) is 1. The molecule has 0 heterocycles. The van der Waals surface area contributed by atoms with Gasteiger partial charge in [0.15, 0.2) is 5.96 Å². The Hall–Kier alpha value is -0.820. The van der Waals surface area contributed by atoms with Gasteiger partial charge in [0.1, 0.15) is 15.4 Å². The average Bonchev–Trinajstić information content (AvgIpc) is 2.56. The molecule has 0 bridgehead atoms. The molecule has 9 nitrogen and oxygen atoms in total. The lowest BCUT2D eigenvalue weighted by Gasteiger charge is -2.34. The molecular weight excluding hydrogens is 511 g/mol. The van der Waals surface area contributed by atoms with Gasteiger partial charge in [-0.2, -0.15) is 0 Å². The molecule has 0 radical (unpaired) electrons. The SMILES string of the molecule is CCC(CC)(CNC(=NC)NCCOCCS(C)(=O)=O)NC(=O)OC(C)(C)C.I. The summed E-state index contributed by atoms with van der Waals surface area (Å²) in [6.45, 7) is 11.0. The van der Waals surface area contributed by atoms with Crippen molar-refractivity contribution in [2.45, 2.75) is 58.6 Å². The quantitative estimate of drug-likeness (QED) is 0.156. The summed E-state index contributed by atoms with van der Waals surface area (Å²) in [5.41, 5.74) is -1.02. The molecule has 0 aliphatic heterocycles. The van der Waals surface area contributed by atoms with Crippen molar-refractivity contribution in [2.75, 3.05) is 45.4 Å². The number of ether oxygens (including phenoxy) is 2. The first-order chi connectivity index (χ1) is 12.9. The first-order valence-corrected chi connectivity index (χ1v) is 11.6. The fraction of sp³-hybridized carbons (Fsp3) is 0.889. The minimum Gasteiger partial charge on any atom is -0.444 e. The van der Waals surface area contributed by atoms with E-state index in [9.17, 15) is 13.2 Å². The van der Waals surface area contributed by atoms with Gasteiger partial charge in [-0.3, -0.25) is 4.99 Å². The van der Waals surface area contributed by atoms with E-state index in [0.717, 1.165) is 12.8 Å². The molecule has 3 N–H and O–H groups in total. The number of sulfone groups is 1. The number of guanidine groups is 1. The van der Waals surface area contributed by atoms with Crippen molar-refractivity contribution >= 4 is 45.9 Å². The van der Waals surface area contributed by atoms with Crippen LogP contribution in [0.1, 0.15) is 47.5 Å². The monoisotopic (exact) mass is 550 g/mol. The lowest BCUT2D eigenvalue weighted by molar-refractivity contribution is 0.0448. The second kappa shape index (κ2) is 14.2. The van der Waals surface area contributed by atoms with E-state index in [2.05, 4.69) is 20.9 Å². The van der Waals surface area contributed by atoms with Crippen LogP contribution in [0.4, 0.5) is 4.79 Å². The summed E-state index contributed by atoms with van der Waals surface area (Å²) in [7, 11) is -1.36. The molecule has 0 rings (SSSR count). The maximum absolute atomic E-state index is 12.2. The minimum atomic E-state index is -3.01. The summed E-state index contributed by atoms with van der Waals surface area (Å²) in [6.07, 6.45) is 2.18. The van der Waals surface area contributed by atoms with Crippen LogP contribution in [0.15, 0.2) is 4.99 Å². The Kier molecular flexibility index (Phi) is 14.9. The van der Waals surface area contributed by atoms with Gasteiger partial charge < -0.3 is 25.4 Å². The van der Waals surface area contributed by atoms with E-state index in [-0.39, 0.29) is 36.3 Å². The van der Waals surface area contributed by atoms with Crippen LogP contribution in [0.5, 0.6) is 0 Å². The van der Waals surface area contributed by atoms with Crippen molar-refractivity contribution < 1.29 is 22.7 Å². The number of hydrogen-bond acceptors (Lipinski definition) is 6. The number of rotatable bonds is 11. The highest BCUT2D eigenvalue weighted by Crippen LogP contribution is 2.16. The van der Waals surface area contributed by atoms with Gasteiger partial charge in [-0.05, 0) is 33.6 Å². The third-order valence-electron chi connectivity index (χ3n) is 4.07. The number of carbonyl (C=O) groups excluding carboxylic acids is 1. The van der Waals surface area contributed by atoms with Gasteiger partial charge in [-0.1, -0.05) is 13.8 Å². The normalized spacial score (nSPS) is 12.7. The zero-order valence-corrected chi connectivity index (χ0v) is 21.9. The summed E-state index contributed by atoms with van der Waals surface area (Å²) >= 11 is 0. The number of halogens is 1. The molecule has 1 amide bonds. The average molecular weight is 551 g/mol. The predicted octanol–water partition coefficient (Wildman–Crippen LogP) is 1.91. The maximum atomic E-state index is 12.2. The molecule has 0 saturated carbocycles. The van der Waals surface area contributed by atoms with Gasteiger partial charge in [-0.15, -0.1) is 24.0 Å². The number of hydrogen-bond donors (Lipinski definition) is 3. The number of carbonyl (C=O) groups is 1. The number of alkyl carbamates (subject to hydrolysis) is 1. The molecule has 0 atom stereocenters. The Balaban J connectivity index is 0. The lowest BCUT2D eigenvalue weighted by atomic mass is 9.93. The minimum absolute atomic E-state index is 0. The van der Waals surface area contributed by atoms with E-state index in [1.165, 1.54) is 6.26 Å². The molecule has 0 aliphatic rings. The topological polar surface area (TPSA) is 118 Å². The largest absolute Gasteiger partial charge is 0.444 e. The molecule has 0 spiro atoms. The van der Waals surface area contributed by atoms with Crippen LogP contribution in [0.2, 0.25) is 0 Å². The second-order valence-corrected chi connectivity index (χ2v) is 9.97. The summed E-state index contributed by atoms with van der Waals surface area (Å²) in [4.78, 5) is 16.3. The number of amides is 1. The molecule has 0 unspecified atom stereocenters. The van der Waals surface area contributed by atoms with Gasteiger partial charge in [0.05, 0.1) is 24.5 Å². The molecule has 0 aromatic carbocycles. The zero-order chi connectivity index (χ0) is 21.8. The van der Waals surface area contributed by atoms with Gasteiger partial charge >= 0.3 is 6.09 Å². The zero-order valence-electron chi connectivity index (χ0n) is 18.8. The molecule has 11 heteroatoms.